The number of nitro benzene ring substituents is 1. The van der Waals surface area contributed by atoms with Gasteiger partial charge in [0, 0.05) is 24.4 Å². The van der Waals surface area contributed by atoms with Crippen LogP contribution in [0.1, 0.15) is 5.56 Å². The fraction of sp³-hybridized carbons (Fsp3) is 0.0526. The molecule has 30 heavy (non-hydrogen) atoms. The van der Waals surface area contributed by atoms with Crippen LogP contribution in [0, 0.1) is 10.1 Å². The minimum atomic E-state index is -3.86. The van der Waals surface area contributed by atoms with Gasteiger partial charge in [-0.3, -0.25) is 10.1 Å². The molecular formula is C19H17N3O6S2. The lowest BCUT2D eigenvalue weighted by molar-refractivity contribution is -0.384. The summed E-state index contributed by atoms with van der Waals surface area (Å²) in [5, 5.41) is 10.7. The Hall–Kier alpha value is -3.28. The molecule has 0 aliphatic carbocycles. The van der Waals surface area contributed by atoms with Gasteiger partial charge < -0.3 is 5.73 Å². The number of hydrogen-bond acceptors (Lipinski definition) is 7. The highest BCUT2D eigenvalue weighted by molar-refractivity contribution is 7.91. The van der Waals surface area contributed by atoms with Gasteiger partial charge in [-0.2, -0.15) is 0 Å². The summed E-state index contributed by atoms with van der Waals surface area (Å²) in [6, 6.07) is 16.0. The molecule has 0 unspecified atom stereocenters. The van der Waals surface area contributed by atoms with Gasteiger partial charge in [0.25, 0.3) is 5.69 Å². The second kappa shape index (κ2) is 8.22. The van der Waals surface area contributed by atoms with Crippen LogP contribution in [0.5, 0.6) is 0 Å². The molecule has 0 radical (unpaired) electrons. The van der Waals surface area contributed by atoms with Crippen molar-refractivity contribution >= 4 is 31.2 Å². The van der Waals surface area contributed by atoms with Crippen LogP contribution in [0.3, 0.4) is 0 Å². The van der Waals surface area contributed by atoms with Gasteiger partial charge >= 0.3 is 0 Å². The van der Waals surface area contributed by atoms with Gasteiger partial charge in [0.2, 0.25) is 19.9 Å². The zero-order valence-electron chi connectivity index (χ0n) is 15.4. The maximum absolute atomic E-state index is 12.7. The number of nitrogens with two attached hydrogens (primary N) is 1. The number of hydrogen-bond donors (Lipinski definition) is 2. The van der Waals surface area contributed by atoms with Crippen molar-refractivity contribution in [2.45, 2.75) is 21.2 Å². The Balaban J connectivity index is 1.74. The molecule has 0 atom stereocenters. The maximum Gasteiger partial charge on any atom is 0.269 e. The highest BCUT2D eigenvalue weighted by Gasteiger charge is 2.19. The molecule has 156 valence electrons. The van der Waals surface area contributed by atoms with Crippen molar-refractivity contribution in [2.24, 2.45) is 0 Å². The van der Waals surface area contributed by atoms with E-state index in [-0.39, 0.29) is 26.9 Å². The number of benzene rings is 3. The number of nitro groups is 1. The van der Waals surface area contributed by atoms with E-state index < -0.39 is 24.8 Å². The molecule has 9 nitrogen and oxygen atoms in total. The van der Waals surface area contributed by atoms with Crippen LogP contribution in [-0.2, 0) is 26.4 Å². The average molecular weight is 447 g/mol. The molecule has 0 amide bonds. The molecule has 0 bridgehead atoms. The largest absolute Gasteiger partial charge is 0.399 e. The SMILES string of the molecule is Nc1ccc(S(=O)(=O)NCc2ccc(S(=O)(=O)c3ccc([N+](=O)[O-])cc3)cc2)cc1. The molecule has 0 saturated heterocycles. The topological polar surface area (TPSA) is 149 Å². The lowest BCUT2D eigenvalue weighted by atomic mass is 10.2. The van der Waals surface area contributed by atoms with Gasteiger partial charge in [-0.05, 0) is 54.1 Å². The second-order valence-electron chi connectivity index (χ2n) is 6.29. The van der Waals surface area contributed by atoms with Crippen LogP contribution in [0.25, 0.3) is 0 Å². The van der Waals surface area contributed by atoms with Crippen LogP contribution < -0.4 is 10.5 Å². The number of rotatable bonds is 7. The Morgan fingerprint density at radius 1 is 0.767 bits per heavy atom. The van der Waals surface area contributed by atoms with Gasteiger partial charge in [0.05, 0.1) is 19.6 Å². The summed E-state index contributed by atoms with van der Waals surface area (Å²) in [5.74, 6) is 0. The number of sulfone groups is 1. The van der Waals surface area contributed by atoms with E-state index in [1.165, 1.54) is 60.7 Å². The smallest absolute Gasteiger partial charge is 0.269 e. The van der Waals surface area contributed by atoms with E-state index >= 15 is 0 Å². The standard InChI is InChI=1S/C19H17N3O6S2/c20-15-3-9-19(10-4-15)30(27,28)21-13-14-1-7-17(8-2-14)29(25,26)18-11-5-16(6-12-18)22(23)24/h1-12,21H,13,20H2. The van der Waals surface area contributed by atoms with E-state index in [2.05, 4.69) is 4.72 Å². The summed E-state index contributed by atoms with van der Waals surface area (Å²) >= 11 is 0. The van der Waals surface area contributed by atoms with Gasteiger partial charge in [0.15, 0.2) is 0 Å². The molecule has 0 heterocycles. The first-order valence-electron chi connectivity index (χ1n) is 8.53. The molecular weight excluding hydrogens is 430 g/mol. The van der Waals surface area contributed by atoms with Gasteiger partial charge in [-0.1, -0.05) is 12.1 Å². The number of sulfonamides is 1. The molecule has 0 aliphatic heterocycles. The van der Waals surface area contributed by atoms with Crippen LogP contribution in [0.4, 0.5) is 11.4 Å². The van der Waals surface area contributed by atoms with Crippen LogP contribution in [0.2, 0.25) is 0 Å². The predicted molar refractivity (Wildman–Crippen MR) is 110 cm³/mol. The van der Waals surface area contributed by atoms with Crippen molar-refractivity contribution < 1.29 is 21.8 Å². The summed E-state index contributed by atoms with van der Waals surface area (Å²) in [5.41, 5.74) is 6.34. The fourth-order valence-corrected chi connectivity index (χ4v) is 4.86. The summed E-state index contributed by atoms with van der Waals surface area (Å²) in [4.78, 5) is 10.1. The quantitative estimate of drug-likeness (QED) is 0.321. The fourth-order valence-electron chi connectivity index (χ4n) is 2.58. The van der Waals surface area contributed by atoms with Crippen molar-refractivity contribution in [1.82, 2.24) is 4.72 Å². The second-order valence-corrected chi connectivity index (χ2v) is 10.0. The molecule has 3 rings (SSSR count). The van der Waals surface area contributed by atoms with E-state index in [4.69, 9.17) is 5.73 Å². The monoisotopic (exact) mass is 447 g/mol. The zero-order chi connectivity index (χ0) is 21.9. The molecule has 0 aromatic heterocycles. The third kappa shape index (κ3) is 4.64. The predicted octanol–water partition coefficient (Wildman–Crippen LogP) is 2.49. The Kier molecular flexibility index (Phi) is 5.87. The van der Waals surface area contributed by atoms with Crippen molar-refractivity contribution in [1.29, 1.82) is 0 Å². The lowest BCUT2D eigenvalue weighted by Gasteiger charge is -2.09. The van der Waals surface area contributed by atoms with Crippen LogP contribution in [-0.4, -0.2) is 21.8 Å². The lowest BCUT2D eigenvalue weighted by Crippen LogP contribution is -2.23. The highest BCUT2D eigenvalue weighted by atomic mass is 32.2. The summed E-state index contributed by atoms with van der Waals surface area (Å²) in [6.07, 6.45) is 0. The number of nitrogen functional groups attached to an aromatic ring is 1. The van der Waals surface area contributed by atoms with E-state index in [0.29, 0.717) is 11.3 Å². The van der Waals surface area contributed by atoms with Gasteiger partial charge in [-0.15, -0.1) is 0 Å². The minimum Gasteiger partial charge on any atom is -0.399 e. The molecule has 11 heteroatoms. The third-order valence-electron chi connectivity index (χ3n) is 4.25. The average Bonchev–Trinajstić information content (AvgIpc) is 2.73. The first kappa shape index (κ1) is 21.4. The van der Waals surface area contributed by atoms with E-state index in [9.17, 15) is 26.9 Å². The Labute approximate surface area is 173 Å². The molecule has 0 fully saturated rings. The van der Waals surface area contributed by atoms with E-state index in [1.54, 1.807) is 0 Å². The van der Waals surface area contributed by atoms with E-state index in [0.717, 1.165) is 12.1 Å². The Morgan fingerprint density at radius 2 is 1.23 bits per heavy atom. The van der Waals surface area contributed by atoms with Crippen molar-refractivity contribution in [2.75, 3.05) is 5.73 Å². The Bertz CT molecular complexity index is 1270. The molecule has 3 aromatic carbocycles. The summed E-state index contributed by atoms with van der Waals surface area (Å²) in [7, 11) is -7.61. The Morgan fingerprint density at radius 3 is 1.73 bits per heavy atom. The number of anilines is 1. The van der Waals surface area contributed by atoms with Gasteiger partial charge in [0.1, 0.15) is 0 Å². The number of nitrogens with one attached hydrogen (secondary N) is 1. The minimum absolute atomic E-state index is 0.0125. The molecule has 3 N–H and O–H groups in total. The third-order valence-corrected chi connectivity index (χ3v) is 7.45. The number of nitrogens with zero attached hydrogens (tertiary/aromatic N) is 1. The first-order chi connectivity index (χ1) is 14.1. The molecule has 0 aliphatic rings. The summed E-state index contributed by atoms with van der Waals surface area (Å²) < 4.78 is 52.4. The first-order valence-corrected chi connectivity index (χ1v) is 11.5. The van der Waals surface area contributed by atoms with Crippen LogP contribution in [0.15, 0.2) is 87.5 Å². The molecule has 0 spiro atoms. The van der Waals surface area contributed by atoms with Gasteiger partial charge in [-0.25, -0.2) is 21.6 Å². The van der Waals surface area contributed by atoms with Crippen LogP contribution >= 0.6 is 0 Å². The van der Waals surface area contributed by atoms with Crippen molar-refractivity contribution in [3.05, 3.63) is 88.5 Å². The molecule has 0 saturated carbocycles. The van der Waals surface area contributed by atoms with Crippen molar-refractivity contribution in [3.8, 4) is 0 Å². The highest BCUT2D eigenvalue weighted by Crippen LogP contribution is 2.23. The summed E-state index contributed by atoms with van der Waals surface area (Å²) in [6.45, 7) is -0.0371. The number of non-ortho nitro benzene ring substituents is 1. The van der Waals surface area contributed by atoms with E-state index in [1.807, 2.05) is 0 Å². The maximum atomic E-state index is 12.7. The normalized spacial score (nSPS) is 11.9. The molecule has 3 aromatic rings. The van der Waals surface area contributed by atoms with Crippen molar-refractivity contribution in [3.63, 3.8) is 0 Å². The zero-order valence-corrected chi connectivity index (χ0v) is 17.1.